The molecule has 114 valence electrons. The summed E-state index contributed by atoms with van der Waals surface area (Å²) in [6, 6.07) is 7.90. The molecule has 1 saturated heterocycles. The van der Waals surface area contributed by atoms with E-state index in [1.807, 2.05) is 36.2 Å². The van der Waals surface area contributed by atoms with E-state index < -0.39 is 0 Å². The van der Waals surface area contributed by atoms with Crippen molar-refractivity contribution in [3.63, 3.8) is 0 Å². The van der Waals surface area contributed by atoms with Crippen LogP contribution in [0, 0.1) is 5.92 Å². The van der Waals surface area contributed by atoms with Gasteiger partial charge in [0.2, 0.25) is 5.91 Å². The van der Waals surface area contributed by atoms with E-state index in [0.29, 0.717) is 12.3 Å². The van der Waals surface area contributed by atoms with Crippen molar-refractivity contribution in [3.05, 3.63) is 30.0 Å². The predicted octanol–water partition coefficient (Wildman–Crippen LogP) is 1.60. The summed E-state index contributed by atoms with van der Waals surface area (Å²) in [7, 11) is 1.96. The first-order valence-corrected chi connectivity index (χ1v) is 7.12. The molecule has 0 saturated carbocycles. The van der Waals surface area contributed by atoms with Crippen molar-refractivity contribution in [3.8, 4) is 0 Å². The third-order valence-electron chi connectivity index (χ3n) is 4.00. The number of hydrogen-bond donors (Lipinski definition) is 2. The zero-order valence-electron chi connectivity index (χ0n) is 12.1. The molecule has 2 N–H and O–H groups in total. The van der Waals surface area contributed by atoms with Gasteiger partial charge in [0, 0.05) is 18.5 Å². The van der Waals surface area contributed by atoms with Gasteiger partial charge >= 0.3 is 0 Å². The molecule has 1 aliphatic heterocycles. The van der Waals surface area contributed by atoms with Crippen molar-refractivity contribution < 1.29 is 4.79 Å². The van der Waals surface area contributed by atoms with E-state index in [-0.39, 0.29) is 18.3 Å². The highest BCUT2D eigenvalue weighted by Gasteiger charge is 2.26. The van der Waals surface area contributed by atoms with E-state index in [0.717, 1.165) is 42.7 Å². The van der Waals surface area contributed by atoms with Crippen molar-refractivity contribution in [2.45, 2.75) is 12.8 Å². The van der Waals surface area contributed by atoms with E-state index in [9.17, 15) is 4.79 Å². The van der Waals surface area contributed by atoms with E-state index >= 15 is 0 Å². The van der Waals surface area contributed by atoms with Gasteiger partial charge in [-0.1, -0.05) is 18.2 Å². The first-order valence-electron chi connectivity index (χ1n) is 7.12. The Balaban J connectivity index is 0.00000161. The van der Waals surface area contributed by atoms with Crippen molar-refractivity contribution in [1.82, 2.24) is 20.4 Å². The van der Waals surface area contributed by atoms with Gasteiger partial charge in [0.1, 0.15) is 0 Å². The zero-order chi connectivity index (χ0) is 13.9. The fourth-order valence-corrected chi connectivity index (χ4v) is 2.93. The molecule has 3 rings (SSSR count). The summed E-state index contributed by atoms with van der Waals surface area (Å²) in [5.41, 5.74) is 1.84. The molecule has 1 aromatic carbocycles. The first kappa shape index (κ1) is 15.8. The van der Waals surface area contributed by atoms with E-state index in [1.54, 1.807) is 0 Å². The number of benzene rings is 1. The largest absolute Gasteiger partial charge is 0.342 e. The molecule has 1 fully saturated rings. The standard InChI is InChI=1S/C15H20N4O.ClH/c1-16-9-11-6-7-19(10-11)15(20)8-14-12-4-2-3-5-13(12)17-18-14;/h2-5,11,16H,6-10H2,1H3,(H,17,18);1H. The molecule has 0 aliphatic carbocycles. The van der Waals surface area contributed by atoms with Crippen molar-refractivity contribution in [2.75, 3.05) is 26.7 Å². The Morgan fingerprint density at radius 3 is 3.10 bits per heavy atom. The molecule has 0 radical (unpaired) electrons. The number of aromatic nitrogens is 2. The number of H-pyrrole nitrogens is 1. The minimum Gasteiger partial charge on any atom is -0.342 e. The quantitative estimate of drug-likeness (QED) is 0.902. The molecule has 0 spiro atoms. The van der Waals surface area contributed by atoms with Crippen molar-refractivity contribution in [2.24, 2.45) is 5.92 Å². The molecule has 0 bridgehead atoms. The Morgan fingerprint density at radius 2 is 2.29 bits per heavy atom. The molecule has 21 heavy (non-hydrogen) atoms. The van der Waals surface area contributed by atoms with Gasteiger partial charge in [-0.05, 0) is 32.0 Å². The van der Waals surface area contributed by atoms with Crippen LogP contribution in [0.3, 0.4) is 0 Å². The molecule has 1 aromatic heterocycles. The summed E-state index contributed by atoms with van der Waals surface area (Å²) in [6.45, 7) is 2.72. The van der Waals surface area contributed by atoms with Crippen LogP contribution in [0.2, 0.25) is 0 Å². The molecule has 1 aliphatic rings. The number of halogens is 1. The average molecular weight is 309 g/mol. The van der Waals surface area contributed by atoms with Gasteiger partial charge in [0.25, 0.3) is 0 Å². The second kappa shape index (κ2) is 6.91. The Labute approximate surface area is 130 Å². The number of rotatable bonds is 4. The van der Waals surface area contributed by atoms with Crippen LogP contribution in [-0.4, -0.2) is 47.7 Å². The second-order valence-corrected chi connectivity index (χ2v) is 5.45. The Bertz CT molecular complexity index is 612. The Kier molecular flexibility index (Phi) is 5.20. The third-order valence-corrected chi connectivity index (χ3v) is 4.00. The summed E-state index contributed by atoms with van der Waals surface area (Å²) < 4.78 is 0. The number of nitrogens with one attached hydrogen (secondary N) is 2. The Morgan fingerprint density at radius 1 is 1.48 bits per heavy atom. The molecule has 2 aromatic rings. The number of aromatic amines is 1. The third kappa shape index (κ3) is 3.36. The van der Waals surface area contributed by atoms with Gasteiger partial charge in [0.05, 0.1) is 17.6 Å². The highest BCUT2D eigenvalue weighted by molar-refractivity contribution is 5.87. The maximum Gasteiger partial charge on any atom is 0.228 e. The van der Waals surface area contributed by atoms with Crippen LogP contribution in [0.25, 0.3) is 10.9 Å². The number of fused-ring (bicyclic) bond motifs is 1. The van der Waals surface area contributed by atoms with E-state index in [4.69, 9.17) is 0 Å². The van der Waals surface area contributed by atoms with Gasteiger partial charge in [-0.3, -0.25) is 9.89 Å². The topological polar surface area (TPSA) is 61.0 Å². The molecule has 6 heteroatoms. The number of para-hydroxylation sites is 1. The molecular weight excluding hydrogens is 288 g/mol. The summed E-state index contributed by atoms with van der Waals surface area (Å²) in [5.74, 6) is 0.778. The SMILES string of the molecule is CNCC1CCN(C(=O)Cc2[nH]nc3ccccc23)C1.Cl. The van der Waals surface area contributed by atoms with Crippen molar-refractivity contribution >= 4 is 29.2 Å². The van der Waals surface area contributed by atoms with Crippen LogP contribution in [0.5, 0.6) is 0 Å². The molecule has 1 amide bonds. The minimum absolute atomic E-state index is 0. The number of amides is 1. The number of nitrogens with zero attached hydrogens (tertiary/aromatic N) is 2. The summed E-state index contributed by atoms with van der Waals surface area (Å²) in [4.78, 5) is 14.3. The van der Waals surface area contributed by atoms with Gasteiger partial charge in [0.15, 0.2) is 0 Å². The molecule has 1 unspecified atom stereocenters. The lowest BCUT2D eigenvalue weighted by Gasteiger charge is -2.16. The fraction of sp³-hybridized carbons (Fsp3) is 0.467. The van der Waals surface area contributed by atoms with E-state index in [1.165, 1.54) is 0 Å². The monoisotopic (exact) mass is 308 g/mol. The normalized spacial score (nSPS) is 18.0. The van der Waals surface area contributed by atoms with Crippen LogP contribution in [-0.2, 0) is 11.2 Å². The number of carbonyl (C=O) groups is 1. The molecule has 1 atom stereocenters. The van der Waals surface area contributed by atoms with Crippen LogP contribution in [0.4, 0.5) is 0 Å². The summed E-state index contributed by atoms with van der Waals surface area (Å²) in [6.07, 6.45) is 1.50. The van der Waals surface area contributed by atoms with Crippen LogP contribution in [0.15, 0.2) is 24.3 Å². The summed E-state index contributed by atoms with van der Waals surface area (Å²) >= 11 is 0. The van der Waals surface area contributed by atoms with E-state index in [2.05, 4.69) is 15.5 Å². The number of carbonyl (C=O) groups excluding carboxylic acids is 1. The first-order chi connectivity index (χ1) is 9.78. The van der Waals surface area contributed by atoms with Crippen LogP contribution in [0.1, 0.15) is 12.1 Å². The highest BCUT2D eigenvalue weighted by atomic mass is 35.5. The predicted molar refractivity (Wildman–Crippen MR) is 85.7 cm³/mol. The molecule has 5 nitrogen and oxygen atoms in total. The van der Waals surface area contributed by atoms with Gasteiger partial charge in [-0.15, -0.1) is 12.4 Å². The van der Waals surface area contributed by atoms with Crippen LogP contribution < -0.4 is 5.32 Å². The van der Waals surface area contributed by atoms with Crippen molar-refractivity contribution in [1.29, 1.82) is 0 Å². The minimum atomic E-state index is 0. The van der Waals surface area contributed by atoms with Crippen LogP contribution >= 0.6 is 12.4 Å². The fourth-order valence-electron chi connectivity index (χ4n) is 2.93. The van der Waals surface area contributed by atoms with Gasteiger partial charge in [-0.25, -0.2) is 0 Å². The number of hydrogen-bond acceptors (Lipinski definition) is 3. The summed E-state index contributed by atoms with van der Waals surface area (Å²) in [5, 5.41) is 11.5. The second-order valence-electron chi connectivity index (χ2n) is 5.45. The van der Waals surface area contributed by atoms with Gasteiger partial charge < -0.3 is 10.2 Å². The lowest BCUT2D eigenvalue weighted by atomic mass is 10.1. The maximum atomic E-state index is 12.4. The lowest BCUT2D eigenvalue weighted by Crippen LogP contribution is -2.31. The smallest absolute Gasteiger partial charge is 0.228 e. The molecule has 2 heterocycles. The molecular formula is C15H21ClN4O. The highest BCUT2D eigenvalue weighted by Crippen LogP contribution is 2.19. The maximum absolute atomic E-state index is 12.4. The lowest BCUT2D eigenvalue weighted by molar-refractivity contribution is -0.129. The zero-order valence-corrected chi connectivity index (χ0v) is 12.9. The Hall–Kier alpha value is -1.59. The average Bonchev–Trinajstić information content (AvgIpc) is 3.07. The van der Waals surface area contributed by atoms with Gasteiger partial charge in [-0.2, -0.15) is 5.10 Å². The number of likely N-dealkylation sites (tertiary alicyclic amines) is 1.